The number of aliphatic carboxylic acids is 1. The molecule has 88 valence electrons. The second kappa shape index (κ2) is 4.94. The number of carboxylic acid groups (broad SMARTS) is 1. The fourth-order valence-electron chi connectivity index (χ4n) is 1.11. The van der Waals surface area contributed by atoms with E-state index in [9.17, 15) is 13.2 Å². The Balaban J connectivity index is 3.08. The summed E-state index contributed by atoms with van der Waals surface area (Å²) in [7, 11) is -3.77. The molecule has 1 rings (SSSR count). The second-order valence-corrected chi connectivity index (χ2v) is 5.67. The summed E-state index contributed by atoms with van der Waals surface area (Å²) in [5, 5.41) is 8.41. The van der Waals surface area contributed by atoms with Crippen LogP contribution in [0.3, 0.4) is 0 Å². The molecule has 0 saturated carbocycles. The number of rotatable bonds is 4. The Morgan fingerprint density at radius 3 is 2.69 bits per heavy atom. The molecule has 0 heterocycles. The van der Waals surface area contributed by atoms with Gasteiger partial charge in [-0.15, -0.1) is 0 Å². The summed E-state index contributed by atoms with van der Waals surface area (Å²) >= 11 is 3.21. The van der Waals surface area contributed by atoms with E-state index in [4.69, 9.17) is 5.11 Å². The molecule has 0 bridgehead atoms. The Hall–Kier alpha value is -0.920. The smallest absolute Gasteiger partial charge is 0.318 e. The first kappa shape index (κ1) is 13.1. The van der Waals surface area contributed by atoms with E-state index in [0.717, 1.165) is 0 Å². The Labute approximate surface area is 102 Å². The molecule has 0 amide bonds. The molecular weight excluding hydrogens is 298 g/mol. The lowest BCUT2D eigenvalue weighted by Crippen LogP contribution is -2.29. The van der Waals surface area contributed by atoms with Gasteiger partial charge in [0.2, 0.25) is 10.0 Å². The van der Waals surface area contributed by atoms with Crippen LogP contribution in [-0.4, -0.2) is 26.0 Å². The van der Waals surface area contributed by atoms with Gasteiger partial charge in [0.1, 0.15) is 6.54 Å². The standard InChI is InChI=1S/C9H10BrNO4S/c1-6-7(10)3-2-4-8(6)16(14,15)11-5-9(12)13/h2-4,11H,5H2,1H3,(H,12,13). The van der Waals surface area contributed by atoms with Crippen molar-refractivity contribution in [2.24, 2.45) is 0 Å². The van der Waals surface area contributed by atoms with Crippen LogP contribution in [0.2, 0.25) is 0 Å². The van der Waals surface area contributed by atoms with Crippen molar-refractivity contribution in [3.8, 4) is 0 Å². The predicted molar refractivity (Wildman–Crippen MR) is 61.7 cm³/mol. The lowest BCUT2D eigenvalue weighted by Gasteiger charge is -2.08. The van der Waals surface area contributed by atoms with Crippen LogP contribution in [-0.2, 0) is 14.8 Å². The van der Waals surface area contributed by atoms with Gasteiger partial charge in [-0.1, -0.05) is 22.0 Å². The summed E-state index contributed by atoms with van der Waals surface area (Å²) in [5.41, 5.74) is 0.542. The van der Waals surface area contributed by atoms with Crippen molar-refractivity contribution in [2.75, 3.05) is 6.54 Å². The zero-order valence-electron chi connectivity index (χ0n) is 8.40. The van der Waals surface area contributed by atoms with E-state index >= 15 is 0 Å². The SMILES string of the molecule is Cc1c(Br)cccc1S(=O)(=O)NCC(=O)O. The molecule has 0 aliphatic heterocycles. The predicted octanol–water partition coefficient (Wildman–Crippen LogP) is 1.12. The Morgan fingerprint density at radius 1 is 1.50 bits per heavy atom. The topological polar surface area (TPSA) is 83.5 Å². The summed E-state index contributed by atoms with van der Waals surface area (Å²) < 4.78 is 26.1. The van der Waals surface area contributed by atoms with Crippen molar-refractivity contribution < 1.29 is 18.3 Å². The van der Waals surface area contributed by atoms with Gasteiger partial charge in [-0.05, 0) is 24.6 Å². The van der Waals surface area contributed by atoms with Crippen LogP contribution in [0.5, 0.6) is 0 Å². The summed E-state index contributed by atoms with van der Waals surface area (Å²) in [4.78, 5) is 10.4. The van der Waals surface area contributed by atoms with Gasteiger partial charge < -0.3 is 5.11 Å². The normalized spacial score (nSPS) is 11.4. The van der Waals surface area contributed by atoms with Gasteiger partial charge in [0.25, 0.3) is 0 Å². The van der Waals surface area contributed by atoms with E-state index in [-0.39, 0.29) is 4.90 Å². The summed E-state index contributed by atoms with van der Waals surface area (Å²) in [5.74, 6) is -1.23. The van der Waals surface area contributed by atoms with E-state index in [0.29, 0.717) is 10.0 Å². The van der Waals surface area contributed by atoms with Crippen LogP contribution in [0.1, 0.15) is 5.56 Å². The zero-order chi connectivity index (χ0) is 12.3. The molecule has 0 saturated heterocycles. The number of carbonyl (C=O) groups is 1. The Bertz CT molecular complexity index is 512. The van der Waals surface area contributed by atoms with Crippen molar-refractivity contribution in [2.45, 2.75) is 11.8 Å². The number of halogens is 1. The van der Waals surface area contributed by atoms with Gasteiger partial charge in [0.15, 0.2) is 0 Å². The van der Waals surface area contributed by atoms with Crippen molar-refractivity contribution in [1.82, 2.24) is 4.72 Å². The van der Waals surface area contributed by atoms with Gasteiger partial charge in [0.05, 0.1) is 4.90 Å². The second-order valence-electron chi connectivity index (χ2n) is 3.08. The number of hydrogen-bond acceptors (Lipinski definition) is 3. The minimum Gasteiger partial charge on any atom is -0.480 e. The van der Waals surface area contributed by atoms with E-state index in [1.54, 1.807) is 19.1 Å². The number of benzene rings is 1. The molecule has 0 aromatic heterocycles. The third kappa shape index (κ3) is 3.03. The van der Waals surface area contributed by atoms with Crippen molar-refractivity contribution >= 4 is 31.9 Å². The molecule has 1 aromatic carbocycles. The number of carboxylic acids is 1. The van der Waals surface area contributed by atoms with Crippen molar-refractivity contribution in [3.05, 3.63) is 28.2 Å². The summed E-state index contributed by atoms with van der Waals surface area (Å²) in [6.45, 7) is 1.01. The van der Waals surface area contributed by atoms with E-state index in [2.05, 4.69) is 15.9 Å². The highest BCUT2D eigenvalue weighted by molar-refractivity contribution is 9.10. The van der Waals surface area contributed by atoms with Gasteiger partial charge in [-0.25, -0.2) is 8.42 Å². The highest BCUT2D eigenvalue weighted by Crippen LogP contribution is 2.22. The molecule has 0 radical (unpaired) electrons. The Kier molecular flexibility index (Phi) is 4.06. The van der Waals surface area contributed by atoms with Crippen LogP contribution in [0.25, 0.3) is 0 Å². The highest BCUT2D eigenvalue weighted by atomic mass is 79.9. The van der Waals surface area contributed by atoms with Crippen molar-refractivity contribution in [3.63, 3.8) is 0 Å². The van der Waals surface area contributed by atoms with Gasteiger partial charge in [-0.2, -0.15) is 4.72 Å². The molecule has 0 aliphatic carbocycles. The third-order valence-electron chi connectivity index (χ3n) is 1.92. The molecule has 16 heavy (non-hydrogen) atoms. The van der Waals surface area contributed by atoms with Crippen LogP contribution >= 0.6 is 15.9 Å². The Morgan fingerprint density at radius 2 is 2.12 bits per heavy atom. The monoisotopic (exact) mass is 307 g/mol. The molecule has 0 fully saturated rings. The van der Waals surface area contributed by atoms with Crippen LogP contribution in [0.4, 0.5) is 0 Å². The zero-order valence-corrected chi connectivity index (χ0v) is 10.8. The largest absolute Gasteiger partial charge is 0.480 e. The third-order valence-corrected chi connectivity index (χ3v) is 4.33. The molecular formula is C9H10BrNO4S. The molecule has 1 aromatic rings. The average molecular weight is 308 g/mol. The first-order chi connectivity index (χ1) is 7.34. The minimum atomic E-state index is -3.77. The lowest BCUT2D eigenvalue weighted by atomic mass is 10.2. The maximum absolute atomic E-state index is 11.7. The van der Waals surface area contributed by atoms with E-state index in [1.165, 1.54) is 6.07 Å². The summed E-state index contributed by atoms with van der Waals surface area (Å²) in [6, 6.07) is 4.71. The molecule has 5 nitrogen and oxygen atoms in total. The molecule has 0 atom stereocenters. The number of nitrogens with one attached hydrogen (secondary N) is 1. The first-order valence-electron chi connectivity index (χ1n) is 4.31. The quantitative estimate of drug-likeness (QED) is 0.873. The van der Waals surface area contributed by atoms with Gasteiger partial charge in [-0.3, -0.25) is 4.79 Å². The van der Waals surface area contributed by atoms with E-state index < -0.39 is 22.5 Å². The van der Waals surface area contributed by atoms with Crippen molar-refractivity contribution in [1.29, 1.82) is 0 Å². The molecule has 2 N–H and O–H groups in total. The lowest BCUT2D eigenvalue weighted by molar-refractivity contribution is -0.135. The molecule has 0 unspecified atom stereocenters. The highest BCUT2D eigenvalue weighted by Gasteiger charge is 2.18. The fraction of sp³-hybridized carbons (Fsp3) is 0.222. The van der Waals surface area contributed by atoms with Crippen LogP contribution in [0, 0.1) is 6.92 Å². The van der Waals surface area contributed by atoms with E-state index in [1.807, 2.05) is 4.72 Å². The van der Waals surface area contributed by atoms with Gasteiger partial charge in [0, 0.05) is 4.47 Å². The average Bonchev–Trinajstić information content (AvgIpc) is 2.19. The maximum Gasteiger partial charge on any atom is 0.318 e. The first-order valence-corrected chi connectivity index (χ1v) is 6.59. The molecule has 7 heteroatoms. The molecule has 0 aliphatic rings. The maximum atomic E-state index is 11.7. The van der Waals surface area contributed by atoms with Gasteiger partial charge >= 0.3 is 5.97 Å². The fourth-order valence-corrected chi connectivity index (χ4v) is 2.85. The number of hydrogen-bond donors (Lipinski definition) is 2. The van der Waals surface area contributed by atoms with Crippen LogP contribution in [0.15, 0.2) is 27.6 Å². The van der Waals surface area contributed by atoms with Crippen LogP contribution < -0.4 is 4.72 Å². The summed E-state index contributed by atoms with van der Waals surface area (Å²) in [6.07, 6.45) is 0. The number of sulfonamides is 1. The minimum absolute atomic E-state index is 0.0723. The molecule has 0 spiro atoms.